The molecule has 1 saturated heterocycles. The molecule has 1 aromatic carbocycles. The summed E-state index contributed by atoms with van der Waals surface area (Å²) in [5.41, 5.74) is 2.83. The molecule has 5 heteroatoms. The van der Waals surface area contributed by atoms with E-state index < -0.39 is 5.97 Å². The predicted molar refractivity (Wildman–Crippen MR) is 88.0 cm³/mol. The first-order chi connectivity index (χ1) is 10.4. The van der Waals surface area contributed by atoms with Crippen molar-refractivity contribution in [2.24, 2.45) is 0 Å². The molecule has 1 aliphatic rings. The van der Waals surface area contributed by atoms with E-state index in [1.807, 2.05) is 0 Å². The zero-order valence-corrected chi connectivity index (χ0v) is 15.0. The third-order valence-electron chi connectivity index (χ3n) is 4.33. The molecular weight excluding hydrogens is 283 g/mol. The second kappa shape index (κ2) is 8.78. The van der Waals surface area contributed by atoms with Crippen LogP contribution in [0, 0.1) is 0 Å². The number of carboxylic acid groups (broad SMARTS) is 1. The van der Waals surface area contributed by atoms with Crippen LogP contribution in [-0.4, -0.2) is 43.6 Å². The van der Waals surface area contributed by atoms with E-state index in [-0.39, 0.29) is 30.7 Å². The molecule has 0 amide bonds. The fraction of sp³-hybridized carbons (Fsp3) is 0.611. The van der Waals surface area contributed by atoms with Gasteiger partial charge in [0.1, 0.15) is 0 Å². The third-order valence-corrected chi connectivity index (χ3v) is 4.33. The molecule has 2 rings (SSSR count). The van der Waals surface area contributed by atoms with Gasteiger partial charge < -0.3 is 14.8 Å². The number of carbonyl (C=O) groups excluding carboxylic acids is 1. The maximum atomic E-state index is 10.4. The Kier molecular flexibility index (Phi) is 7.67. The molecule has 0 N–H and O–H groups in total. The summed E-state index contributed by atoms with van der Waals surface area (Å²) in [4.78, 5) is 15.2. The fourth-order valence-electron chi connectivity index (χ4n) is 2.85. The van der Waals surface area contributed by atoms with Crippen molar-refractivity contribution < 1.29 is 28.8 Å². The van der Waals surface area contributed by atoms with Crippen LogP contribution in [0.25, 0.3) is 0 Å². The molecule has 0 saturated carbocycles. The minimum absolute atomic E-state index is 0. The predicted octanol–water partition coefficient (Wildman–Crippen LogP) is -1.36. The Morgan fingerprint density at radius 2 is 1.65 bits per heavy atom. The van der Waals surface area contributed by atoms with Gasteiger partial charge in [0.15, 0.2) is 0 Å². The van der Waals surface area contributed by atoms with E-state index in [1.54, 1.807) is 0 Å². The van der Waals surface area contributed by atoms with E-state index in [0.29, 0.717) is 6.42 Å². The number of hydrogen-bond donors (Lipinski definition) is 0. The van der Waals surface area contributed by atoms with E-state index in [4.69, 9.17) is 0 Å². The summed E-state index contributed by atoms with van der Waals surface area (Å²) in [6.07, 6.45) is 0.844. The van der Waals surface area contributed by atoms with Crippen LogP contribution >= 0.6 is 0 Å². The van der Waals surface area contributed by atoms with Gasteiger partial charge >= 0.3 is 18.9 Å². The molecule has 122 valence electrons. The first-order valence-electron chi connectivity index (χ1n) is 8.14. The average molecular weight is 310 g/mol. The number of hydrogen-bond acceptors (Lipinski definition) is 4. The number of piperazine rings is 1. The first-order valence-corrected chi connectivity index (χ1v) is 8.14. The molecule has 0 bridgehead atoms. The Hall–Kier alpha value is -0.953. The molecule has 23 heavy (non-hydrogen) atoms. The van der Waals surface area contributed by atoms with Crippen LogP contribution in [0.1, 0.15) is 39.2 Å². The molecule has 1 aliphatic heterocycles. The van der Waals surface area contributed by atoms with E-state index in [9.17, 15) is 9.90 Å². The standard InChI is InChI=1S/C18H28N2O2.Li/c1-18(2,3)15-6-8-16(9-7-15)20-13-11-19(12-14-20)10-4-5-17(21)22;/h6-9H,4-5,10-14H2,1-3H3,(H,21,22);/q;+1/p-1. The number of carbonyl (C=O) groups is 1. The number of aliphatic carboxylic acids is 1. The molecule has 0 unspecified atom stereocenters. The summed E-state index contributed by atoms with van der Waals surface area (Å²) in [6, 6.07) is 8.88. The zero-order chi connectivity index (χ0) is 16.2. The average Bonchev–Trinajstić information content (AvgIpc) is 2.47. The van der Waals surface area contributed by atoms with Crippen LogP contribution in [0.5, 0.6) is 0 Å². The van der Waals surface area contributed by atoms with Gasteiger partial charge in [0, 0.05) is 37.8 Å². The molecule has 0 aromatic heterocycles. The maximum absolute atomic E-state index is 10.4. The molecule has 4 nitrogen and oxygen atoms in total. The van der Waals surface area contributed by atoms with E-state index in [0.717, 1.165) is 32.7 Å². The summed E-state index contributed by atoms with van der Waals surface area (Å²) in [6.45, 7) is 11.5. The number of anilines is 1. The normalized spacial score (nSPS) is 16.0. The Bertz CT molecular complexity index is 489. The number of benzene rings is 1. The number of carboxylic acids is 1. The summed E-state index contributed by atoms with van der Waals surface area (Å²) in [7, 11) is 0. The molecule has 0 spiro atoms. The van der Waals surface area contributed by atoms with E-state index >= 15 is 0 Å². The molecule has 0 aliphatic carbocycles. The number of rotatable bonds is 5. The minimum atomic E-state index is -0.947. The van der Waals surface area contributed by atoms with Gasteiger partial charge in [0.25, 0.3) is 0 Å². The van der Waals surface area contributed by atoms with Crippen molar-refractivity contribution in [3.63, 3.8) is 0 Å². The Labute approximate surface area is 152 Å². The minimum Gasteiger partial charge on any atom is -0.550 e. The molecule has 0 radical (unpaired) electrons. The first kappa shape index (κ1) is 20.1. The summed E-state index contributed by atoms with van der Waals surface area (Å²) >= 11 is 0. The quantitative estimate of drug-likeness (QED) is 0.630. The molecule has 0 atom stereocenters. The van der Waals surface area contributed by atoms with E-state index in [1.165, 1.54) is 11.3 Å². The smallest absolute Gasteiger partial charge is 0.550 e. The van der Waals surface area contributed by atoms with Crippen molar-refractivity contribution in [2.75, 3.05) is 37.6 Å². The number of nitrogens with zero attached hydrogens (tertiary/aromatic N) is 2. The van der Waals surface area contributed by atoms with Crippen LogP contribution in [0.4, 0.5) is 5.69 Å². The van der Waals surface area contributed by atoms with Crippen molar-refractivity contribution in [2.45, 2.75) is 39.0 Å². The summed E-state index contributed by atoms with van der Waals surface area (Å²) in [5, 5.41) is 10.4. The van der Waals surface area contributed by atoms with Crippen LogP contribution in [-0.2, 0) is 10.2 Å². The van der Waals surface area contributed by atoms with Crippen molar-refractivity contribution in [1.82, 2.24) is 4.90 Å². The Morgan fingerprint density at radius 1 is 1.09 bits per heavy atom. The van der Waals surface area contributed by atoms with Gasteiger partial charge in [-0.3, -0.25) is 4.90 Å². The van der Waals surface area contributed by atoms with Crippen LogP contribution in [0.2, 0.25) is 0 Å². The van der Waals surface area contributed by atoms with Gasteiger partial charge in [-0.2, -0.15) is 0 Å². The van der Waals surface area contributed by atoms with Gasteiger partial charge in [0.05, 0.1) is 0 Å². The molecule has 1 heterocycles. The van der Waals surface area contributed by atoms with Gasteiger partial charge in [-0.15, -0.1) is 0 Å². The zero-order valence-electron chi connectivity index (χ0n) is 15.0. The van der Waals surface area contributed by atoms with Crippen LogP contribution in [0.3, 0.4) is 0 Å². The molecule has 1 fully saturated rings. The molecule has 1 aromatic rings. The monoisotopic (exact) mass is 310 g/mol. The maximum Gasteiger partial charge on any atom is 1.00 e. The van der Waals surface area contributed by atoms with Crippen molar-refractivity contribution >= 4 is 11.7 Å². The van der Waals surface area contributed by atoms with E-state index in [2.05, 4.69) is 54.8 Å². The fourth-order valence-corrected chi connectivity index (χ4v) is 2.85. The second-order valence-electron chi connectivity index (χ2n) is 7.10. The van der Waals surface area contributed by atoms with Crippen LogP contribution < -0.4 is 28.9 Å². The van der Waals surface area contributed by atoms with Crippen molar-refractivity contribution in [3.05, 3.63) is 29.8 Å². The SMILES string of the molecule is CC(C)(C)c1ccc(N2CCN(CCCC(=O)[O-])CC2)cc1.[Li+]. The van der Waals surface area contributed by atoms with Crippen molar-refractivity contribution in [3.8, 4) is 0 Å². The second-order valence-corrected chi connectivity index (χ2v) is 7.10. The van der Waals surface area contributed by atoms with Gasteiger partial charge in [-0.1, -0.05) is 32.9 Å². The van der Waals surface area contributed by atoms with Crippen LogP contribution in [0.15, 0.2) is 24.3 Å². The summed E-state index contributed by atoms with van der Waals surface area (Å²) in [5.74, 6) is -0.947. The topological polar surface area (TPSA) is 46.6 Å². The van der Waals surface area contributed by atoms with Gasteiger partial charge in [-0.05, 0) is 42.5 Å². The van der Waals surface area contributed by atoms with Gasteiger partial charge in [-0.25, -0.2) is 0 Å². The Morgan fingerprint density at radius 3 is 2.13 bits per heavy atom. The third kappa shape index (κ3) is 6.22. The van der Waals surface area contributed by atoms with Crippen molar-refractivity contribution in [1.29, 1.82) is 0 Å². The summed E-state index contributed by atoms with van der Waals surface area (Å²) < 4.78 is 0. The Balaban J connectivity index is 0.00000264. The van der Waals surface area contributed by atoms with Gasteiger partial charge in [0.2, 0.25) is 0 Å². The molecular formula is C18H27LiN2O2. The largest absolute Gasteiger partial charge is 1.00 e.